The van der Waals surface area contributed by atoms with Gasteiger partial charge in [-0.05, 0) is 37.1 Å². The molecular weight excluding hydrogens is 490 g/mol. The molecule has 0 radical (unpaired) electrons. The molecule has 1 fully saturated rings. The van der Waals surface area contributed by atoms with Crippen LogP contribution in [0.2, 0.25) is 0 Å². The molecule has 0 spiro atoms. The van der Waals surface area contributed by atoms with E-state index in [1.807, 2.05) is 41.9 Å². The van der Waals surface area contributed by atoms with Gasteiger partial charge in [0.1, 0.15) is 17.2 Å². The first-order valence-electron chi connectivity index (χ1n) is 12.2. The summed E-state index contributed by atoms with van der Waals surface area (Å²) in [5.74, 6) is 2.85. The molecule has 1 aromatic carbocycles. The number of carbonyl (C=O) groups excluding carboxylic acids is 1. The Bertz CT molecular complexity index is 1340. The molecule has 1 aliphatic heterocycles. The topological polar surface area (TPSA) is 107 Å². The number of benzene rings is 1. The lowest BCUT2D eigenvalue weighted by atomic mass is 9.97. The Morgan fingerprint density at radius 2 is 2.03 bits per heavy atom. The van der Waals surface area contributed by atoms with Crippen LogP contribution in [-0.2, 0) is 11.2 Å². The van der Waals surface area contributed by atoms with Crippen molar-refractivity contribution in [1.82, 2.24) is 30.0 Å². The zero-order valence-electron chi connectivity index (χ0n) is 20.8. The monoisotopic (exact) mass is 519 g/mol. The third-order valence-corrected chi connectivity index (χ3v) is 7.30. The number of hydrogen-bond acceptors (Lipinski definition) is 9. The van der Waals surface area contributed by atoms with Gasteiger partial charge < -0.3 is 19.7 Å². The van der Waals surface area contributed by atoms with Crippen LogP contribution in [0.4, 0.5) is 5.82 Å². The molecule has 0 bridgehead atoms. The van der Waals surface area contributed by atoms with Crippen molar-refractivity contribution < 1.29 is 14.3 Å². The van der Waals surface area contributed by atoms with E-state index in [9.17, 15) is 4.79 Å². The summed E-state index contributed by atoms with van der Waals surface area (Å²) in [4.78, 5) is 28.6. The highest BCUT2D eigenvalue weighted by atomic mass is 32.1. The van der Waals surface area contributed by atoms with Gasteiger partial charge in [-0.3, -0.25) is 4.79 Å². The predicted octanol–water partition coefficient (Wildman–Crippen LogP) is 3.38. The van der Waals surface area contributed by atoms with Crippen LogP contribution >= 0.6 is 11.3 Å². The Kier molecular flexibility index (Phi) is 7.59. The summed E-state index contributed by atoms with van der Waals surface area (Å²) in [5.41, 5.74) is 1.92. The number of piperidine rings is 1. The van der Waals surface area contributed by atoms with E-state index in [0.29, 0.717) is 36.8 Å². The second-order valence-corrected chi connectivity index (χ2v) is 9.58. The first-order valence-corrected chi connectivity index (χ1v) is 13.0. The van der Waals surface area contributed by atoms with Crippen molar-refractivity contribution in [3.8, 4) is 27.9 Å². The van der Waals surface area contributed by atoms with Gasteiger partial charge in [0.05, 0.1) is 25.8 Å². The van der Waals surface area contributed by atoms with Crippen molar-refractivity contribution in [3.05, 3.63) is 60.1 Å². The predicted molar refractivity (Wildman–Crippen MR) is 141 cm³/mol. The minimum Gasteiger partial charge on any atom is -0.493 e. The van der Waals surface area contributed by atoms with E-state index in [4.69, 9.17) is 14.5 Å². The Hall–Kier alpha value is -3.99. The summed E-state index contributed by atoms with van der Waals surface area (Å²) < 4.78 is 12.4. The number of thiazole rings is 1. The number of nitrogens with zero attached hydrogens (tertiary/aromatic N) is 6. The number of rotatable bonds is 9. The van der Waals surface area contributed by atoms with E-state index in [1.165, 1.54) is 0 Å². The first-order chi connectivity index (χ1) is 18.1. The van der Waals surface area contributed by atoms with E-state index in [-0.39, 0.29) is 11.8 Å². The van der Waals surface area contributed by atoms with Gasteiger partial charge in [0, 0.05) is 55.5 Å². The number of anilines is 1. The maximum absolute atomic E-state index is 12.9. The quantitative estimate of drug-likeness (QED) is 0.359. The van der Waals surface area contributed by atoms with Crippen molar-refractivity contribution in [2.24, 2.45) is 5.92 Å². The number of nitrogens with one attached hydrogen (secondary N) is 1. The van der Waals surface area contributed by atoms with Crippen LogP contribution in [0.15, 0.2) is 54.4 Å². The molecule has 1 amide bonds. The molecule has 1 N–H and O–H groups in total. The molecule has 4 heterocycles. The van der Waals surface area contributed by atoms with Crippen LogP contribution in [0.1, 0.15) is 18.5 Å². The fraction of sp³-hybridized carbons (Fsp3) is 0.346. The van der Waals surface area contributed by atoms with Gasteiger partial charge in [-0.15, -0.1) is 11.3 Å². The second kappa shape index (κ2) is 11.4. The van der Waals surface area contributed by atoms with Crippen LogP contribution in [-0.4, -0.2) is 64.5 Å². The maximum atomic E-state index is 12.9. The van der Waals surface area contributed by atoms with Crippen molar-refractivity contribution in [2.45, 2.75) is 19.3 Å². The highest BCUT2D eigenvalue weighted by Crippen LogP contribution is 2.33. The largest absolute Gasteiger partial charge is 0.493 e. The van der Waals surface area contributed by atoms with E-state index in [1.54, 1.807) is 42.8 Å². The molecule has 1 atom stereocenters. The maximum Gasteiger partial charge on any atom is 0.224 e. The average Bonchev–Trinajstić information content (AvgIpc) is 3.66. The van der Waals surface area contributed by atoms with Crippen molar-refractivity contribution in [1.29, 1.82) is 0 Å². The van der Waals surface area contributed by atoms with E-state index < -0.39 is 0 Å². The Labute approximate surface area is 219 Å². The fourth-order valence-electron chi connectivity index (χ4n) is 4.42. The van der Waals surface area contributed by atoms with Gasteiger partial charge in [0.25, 0.3) is 0 Å². The van der Waals surface area contributed by atoms with Crippen molar-refractivity contribution in [3.63, 3.8) is 0 Å². The SMILES string of the molecule is COc1ccc(-c2nc(CCNC(=O)C3CCCN(c4cc(-n5cccn5)ncn4)C3)cs2)cc1OC. The molecule has 1 unspecified atom stereocenters. The number of ether oxygens (including phenoxy) is 2. The molecule has 10 nitrogen and oxygen atoms in total. The summed E-state index contributed by atoms with van der Waals surface area (Å²) in [6.45, 7) is 2.03. The summed E-state index contributed by atoms with van der Waals surface area (Å²) in [5, 5.41) is 10.3. The highest BCUT2D eigenvalue weighted by molar-refractivity contribution is 7.13. The smallest absolute Gasteiger partial charge is 0.224 e. The third kappa shape index (κ3) is 5.72. The highest BCUT2D eigenvalue weighted by Gasteiger charge is 2.26. The zero-order valence-corrected chi connectivity index (χ0v) is 21.6. The minimum absolute atomic E-state index is 0.0707. The number of carbonyl (C=O) groups is 1. The minimum atomic E-state index is -0.0883. The Morgan fingerprint density at radius 3 is 2.84 bits per heavy atom. The number of hydrogen-bond donors (Lipinski definition) is 1. The normalized spacial score (nSPS) is 15.4. The third-order valence-electron chi connectivity index (χ3n) is 6.36. The van der Waals surface area contributed by atoms with Gasteiger partial charge in [0.2, 0.25) is 5.91 Å². The number of methoxy groups -OCH3 is 2. The molecule has 1 aliphatic rings. The summed E-state index contributed by atoms with van der Waals surface area (Å²) >= 11 is 1.58. The van der Waals surface area contributed by atoms with Gasteiger partial charge in [-0.2, -0.15) is 5.10 Å². The average molecular weight is 520 g/mol. The molecular formula is C26H29N7O3S. The standard InChI is InChI=1S/C26H29N7O3S/c1-35-21-7-6-18(13-22(21)36-2)26-31-20(16-37-26)8-10-27-25(34)19-5-3-11-32(15-19)23-14-24(29-17-28-23)33-12-4-9-30-33/h4,6-7,9,12-14,16-17,19H,3,5,8,10-11,15H2,1-2H3,(H,27,34). The van der Waals surface area contributed by atoms with E-state index >= 15 is 0 Å². The van der Waals surface area contributed by atoms with Crippen LogP contribution in [0.5, 0.6) is 11.5 Å². The van der Waals surface area contributed by atoms with E-state index in [0.717, 1.165) is 41.5 Å². The molecule has 192 valence electrons. The molecule has 0 saturated carbocycles. The van der Waals surface area contributed by atoms with Crippen LogP contribution < -0.4 is 19.7 Å². The van der Waals surface area contributed by atoms with Gasteiger partial charge in [-0.1, -0.05) is 0 Å². The summed E-state index contributed by atoms with van der Waals surface area (Å²) in [6, 6.07) is 9.53. The molecule has 37 heavy (non-hydrogen) atoms. The Balaban J connectivity index is 1.15. The van der Waals surface area contributed by atoms with Gasteiger partial charge in [0.15, 0.2) is 17.3 Å². The number of aromatic nitrogens is 5. The fourth-order valence-corrected chi connectivity index (χ4v) is 5.27. The molecule has 1 saturated heterocycles. The second-order valence-electron chi connectivity index (χ2n) is 8.72. The zero-order chi connectivity index (χ0) is 25.6. The molecule has 3 aromatic heterocycles. The lowest BCUT2D eigenvalue weighted by molar-refractivity contribution is -0.125. The Morgan fingerprint density at radius 1 is 1.16 bits per heavy atom. The van der Waals surface area contributed by atoms with Crippen LogP contribution in [0.3, 0.4) is 0 Å². The molecule has 5 rings (SSSR count). The number of amides is 1. The van der Waals surface area contributed by atoms with Gasteiger partial charge >= 0.3 is 0 Å². The molecule has 0 aliphatic carbocycles. The summed E-state index contributed by atoms with van der Waals surface area (Å²) in [7, 11) is 3.24. The first kappa shape index (κ1) is 24.7. The van der Waals surface area contributed by atoms with Crippen molar-refractivity contribution >= 4 is 23.1 Å². The van der Waals surface area contributed by atoms with E-state index in [2.05, 4.69) is 25.3 Å². The molecule has 4 aromatic rings. The summed E-state index contributed by atoms with van der Waals surface area (Å²) in [6.07, 6.45) is 7.56. The lowest BCUT2D eigenvalue weighted by Gasteiger charge is -2.32. The van der Waals surface area contributed by atoms with Gasteiger partial charge in [-0.25, -0.2) is 19.6 Å². The lowest BCUT2D eigenvalue weighted by Crippen LogP contribution is -2.43. The van der Waals surface area contributed by atoms with Crippen LogP contribution in [0, 0.1) is 5.92 Å². The van der Waals surface area contributed by atoms with Crippen molar-refractivity contribution in [2.75, 3.05) is 38.8 Å². The molecule has 11 heteroatoms. The van der Waals surface area contributed by atoms with Crippen LogP contribution in [0.25, 0.3) is 16.4 Å².